The SMILES string of the molecule is Cc1ccc(SC(=O)[C@H](Cc2ccccc2)NC(=O)OCc2ccccc2)cc1. The third kappa shape index (κ3) is 6.80. The monoisotopic (exact) mass is 405 g/mol. The summed E-state index contributed by atoms with van der Waals surface area (Å²) in [6.07, 6.45) is -0.202. The first-order chi connectivity index (χ1) is 14.1. The van der Waals surface area contributed by atoms with E-state index in [0.29, 0.717) is 6.42 Å². The lowest BCUT2D eigenvalue weighted by Gasteiger charge is -2.17. The van der Waals surface area contributed by atoms with Crippen LogP contribution in [0.1, 0.15) is 16.7 Å². The lowest BCUT2D eigenvalue weighted by atomic mass is 10.1. The smallest absolute Gasteiger partial charge is 0.408 e. The standard InChI is InChI=1S/C24H23NO3S/c1-18-12-14-21(15-13-18)29-23(26)22(16-19-8-4-2-5-9-19)25-24(27)28-17-20-10-6-3-7-11-20/h2-15,22H,16-17H2,1H3,(H,25,27)/t22-/m0/s1. The van der Waals surface area contributed by atoms with Gasteiger partial charge in [-0.05, 0) is 41.9 Å². The molecule has 0 aromatic heterocycles. The van der Waals surface area contributed by atoms with Gasteiger partial charge in [0, 0.05) is 11.3 Å². The molecule has 0 saturated carbocycles. The average molecular weight is 406 g/mol. The van der Waals surface area contributed by atoms with Crippen LogP contribution in [-0.2, 0) is 22.6 Å². The fraction of sp³-hybridized carbons (Fsp3) is 0.167. The number of hydrogen-bond acceptors (Lipinski definition) is 4. The van der Waals surface area contributed by atoms with Crippen LogP contribution in [-0.4, -0.2) is 17.3 Å². The van der Waals surface area contributed by atoms with Gasteiger partial charge in [-0.1, -0.05) is 78.4 Å². The van der Waals surface area contributed by atoms with E-state index < -0.39 is 12.1 Å². The Bertz CT molecular complexity index is 927. The van der Waals surface area contributed by atoms with Crippen LogP contribution in [0.25, 0.3) is 0 Å². The van der Waals surface area contributed by atoms with Crippen molar-refractivity contribution in [1.29, 1.82) is 0 Å². The number of rotatable bonds is 7. The third-order valence-corrected chi connectivity index (χ3v) is 5.31. The molecule has 3 rings (SSSR count). The fourth-order valence-corrected chi connectivity index (χ4v) is 3.53. The molecular weight excluding hydrogens is 382 g/mol. The zero-order valence-corrected chi connectivity index (χ0v) is 17.0. The molecule has 0 spiro atoms. The van der Waals surface area contributed by atoms with Crippen molar-refractivity contribution >= 4 is 23.0 Å². The molecule has 0 radical (unpaired) electrons. The zero-order valence-electron chi connectivity index (χ0n) is 16.2. The Hall–Kier alpha value is -3.05. The van der Waals surface area contributed by atoms with Crippen LogP contribution in [0.4, 0.5) is 4.79 Å². The van der Waals surface area contributed by atoms with E-state index in [9.17, 15) is 9.59 Å². The minimum atomic E-state index is -0.688. The molecule has 0 aliphatic carbocycles. The van der Waals surface area contributed by atoms with Gasteiger partial charge in [0.2, 0.25) is 5.12 Å². The molecule has 148 valence electrons. The lowest BCUT2D eigenvalue weighted by Crippen LogP contribution is -2.41. The largest absolute Gasteiger partial charge is 0.445 e. The highest BCUT2D eigenvalue weighted by atomic mass is 32.2. The maximum absolute atomic E-state index is 12.9. The normalized spacial score (nSPS) is 11.5. The Morgan fingerprint density at radius 2 is 1.45 bits per heavy atom. The van der Waals surface area contributed by atoms with Crippen molar-refractivity contribution in [2.24, 2.45) is 0 Å². The van der Waals surface area contributed by atoms with Crippen LogP contribution >= 0.6 is 11.8 Å². The number of amides is 1. The molecule has 0 fully saturated rings. The number of alkyl carbamates (subject to hydrolysis) is 1. The molecule has 0 unspecified atom stereocenters. The van der Waals surface area contributed by atoms with Crippen LogP contribution in [0.3, 0.4) is 0 Å². The van der Waals surface area contributed by atoms with Gasteiger partial charge in [0.1, 0.15) is 12.6 Å². The Balaban J connectivity index is 1.65. The highest BCUT2D eigenvalue weighted by Crippen LogP contribution is 2.22. The van der Waals surface area contributed by atoms with Gasteiger partial charge in [-0.2, -0.15) is 0 Å². The molecule has 1 atom stereocenters. The second-order valence-electron chi connectivity index (χ2n) is 6.68. The maximum Gasteiger partial charge on any atom is 0.408 e. The van der Waals surface area contributed by atoms with Crippen molar-refractivity contribution < 1.29 is 14.3 Å². The highest BCUT2D eigenvalue weighted by Gasteiger charge is 2.23. The van der Waals surface area contributed by atoms with Crippen LogP contribution in [0.5, 0.6) is 0 Å². The van der Waals surface area contributed by atoms with E-state index in [1.807, 2.05) is 91.9 Å². The third-order valence-electron chi connectivity index (χ3n) is 4.31. The Morgan fingerprint density at radius 3 is 2.07 bits per heavy atom. The topological polar surface area (TPSA) is 55.4 Å². The van der Waals surface area contributed by atoms with E-state index in [1.54, 1.807) is 0 Å². The summed E-state index contributed by atoms with van der Waals surface area (Å²) in [5, 5.41) is 2.61. The Kier molecular flexibility index (Phi) is 7.47. The highest BCUT2D eigenvalue weighted by molar-refractivity contribution is 8.13. The number of aryl methyl sites for hydroxylation is 1. The van der Waals surface area contributed by atoms with Crippen molar-refractivity contribution in [1.82, 2.24) is 5.32 Å². The van der Waals surface area contributed by atoms with Gasteiger partial charge in [0.05, 0.1) is 0 Å². The molecule has 1 amide bonds. The van der Waals surface area contributed by atoms with Gasteiger partial charge in [-0.3, -0.25) is 4.79 Å². The van der Waals surface area contributed by atoms with Gasteiger partial charge in [0.15, 0.2) is 0 Å². The van der Waals surface area contributed by atoms with E-state index in [4.69, 9.17) is 4.74 Å². The number of nitrogens with one attached hydrogen (secondary N) is 1. The Morgan fingerprint density at radius 1 is 0.862 bits per heavy atom. The summed E-state index contributed by atoms with van der Waals surface area (Å²) in [5.74, 6) is 0. The van der Waals surface area contributed by atoms with E-state index in [1.165, 1.54) is 0 Å². The van der Waals surface area contributed by atoms with E-state index in [-0.39, 0.29) is 11.7 Å². The number of carbonyl (C=O) groups is 2. The van der Waals surface area contributed by atoms with Gasteiger partial charge in [-0.25, -0.2) is 4.79 Å². The second kappa shape index (κ2) is 10.5. The minimum absolute atomic E-state index is 0.130. The van der Waals surface area contributed by atoms with E-state index in [2.05, 4.69) is 5.32 Å². The van der Waals surface area contributed by atoms with Gasteiger partial charge in [0.25, 0.3) is 0 Å². The molecule has 4 nitrogen and oxygen atoms in total. The number of carbonyl (C=O) groups excluding carboxylic acids is 2. The molecule has 0 saturated heterocycles. The minimum Gasteiger partial charge on any atom is -0.445 e. The first kappa shape index (κ1) is 20.7. The van der Waals surface area contributed by atoms with Crippen molar-refractivity contribution in [3.8, 4) is 0 Å². The fourth-order valence-electron chi connectivity index (χ4n) is 2.74. The summed E-state index contributed by atoms with van der Waals surface area (Å²) in [7, 11) is 0. The lowest BCUT2D eigenvalue weighted by molar-refractivity contribution is -0.112. The number of ether oxygens (including phenoxy) is 1. The first-order valence-corrected chi connectivity index (χ1v) is 10.2. The molecule has 0 bridgehead atoms. The first-order valence-electron chi connectivity index (χ1n) is 9.39. The van der Waals surface area contributed by atoms with Gasteiger partial charge >= 0.3 is 6.09 Å². The van der Waals surface area contributed by atoms with Crippen molar-refractivity contribution in [2.75, 3.05) is 0 Å². The van der Waals surface area contributed by atoms with Crippen LogP contribution < -0.4 is 5.32 Å². The molecule has 0 aliphatic heterocycles. The maximum atomic E-state index is 12.9. The van der Waals surface area contributed by atoms with Crippen molar-refractivity contribution in [3.63, 3.8) is 0 Å². The van der Waals surface area contributed by atoms with Crippen molar-refractivity contribution in [2.45, 2.75) is 30.9 Å². The number of thioether (sulfide) groups is 1. The summed E-state index contributed by atoms with van der Waals surface area (Å²) in [6, 6.07) is 26.1. The Labute approximate surface area is 175 Å². The molecular formula is C24H23NO3S. The van der Waals surface area contributed by atoms with E-state index in [0.717, 1.165) is 33.3 Å². The molecule has 5 heteroatoms. The molecule has 3 aromatic carbocycles. The summed E-state index contributed by atoms with van der Waals surface area (Å²) in [6.45, 7) is 2.16. The molecule has 3 aromatic rings. The summed E-state index contributed by atoms with van der Waals surface area (Å²) < 4.78 is 5.30. The molecule has 1 N–H and O–H groups in total. The van der Waals surface area contributed by atoms with Gasteiger partial charge < -0.3 is 10.1 Å². The second-order valence-corrected chi connectivity index (χ2v) is 7.76. The number of benzene rings is 3. The summed E-state index contributed by atoms with van der Waals surface area (Å²) in [4.78, 5) is 26.1. The molecule has 0 aliphatic rings. The zero-order chi connectivity index (χ0) is 20.5. The molecule has 0 heterocycles. The summed E-state index contributed by atoms with van der Waals surface area (Å²) >= 11 is 1.13. The van der Waals surface area contributed by atoms with Crippen molar-refractivity contribution in [3.05, 3.63) is 102 Å². The number of hydrogen-bond donors (Lipinski definition) is 1. The van der Waals surface area contributed by atoms with Crippen LogP contribution in [0.2, 0.25) is 0 Å². The van der Waals surface area contributed by atoms with E-state index >= 15 is 0 Å². The quantitative estimate of drug-likeness (QED) is 0.552. The predicted octanol–water partition coefficient (Wildman–Crippen LogP) is 5.15. The predicted molar refractivity (Wildman–Crippen MR) is 116 cm³/mol. The van der Waals surface area contributed by atoms with Crippen LogP contribution in [0.15, 0.2) is 89.8 Å². The van der Waals surface area contributed by atoms with Gasteiger partial charge in [-0.15, -0.1) is 0 Å². The molecule has 29 heavy (non-hydrogen) atoms. The average Bonchev–Trinajstić information content (AvgIpc) is 2.75. The van der Waals surface area contributed by atoms with Crippen LogP contribution in [0, 0.1) is 6.92 Å². The summed E-state index contributed by atoms with van der Waals surface area (Å²) in [5.41, 5.74) is 2.99.